The van der Waals surface area contributed by atoms with Crippen LogP contribution in [0.2, 0.25) is 0 Å². The molecule has 4 rings (SSSR count). The summed E-state index contributed by atoms with van der Waals surface area (Å²) in [6, 6.07) is 18.0. The molecule has 0 spiro atoms. The minimum atomic E-state index is -0.304. The topological polar surface area (TPSA) is 84.1 Å². The number of hydrogen-bond donors (Lipinski definition) is 1. The Morgan fingerprint density at radius 3 is 2.48 bits per heavy atom. The number of carbonyl (C=O) groups is 2. The van der Waals surface area contributed by atoms with Gasteiger partial charge in [-0.1, -0.05) is 0 Å². The Morgan fingerprint density at radius 2 is 1.87 bits per heavy atom. The van der Waals surface area contributed by atoms with Crippen LogP contribution in [-0.2, 0) is 4.79 Å². The first-order valence-electron chi connectivity index (χ1n) is 9.97. The molecule has 2 heterocycles. The van der Waals surface area contributed by atoms with Gasteiger partial charge in [0.05, 0.1) is 25.6 Å². The monoisotopic (exact) mass is 417 g/mol. The molecule has 0 aliphatic carbocycles. The van der Waals surface area contributed by atoms with Crippen LogP contribution in [0.3, 0.4) is 0 Å². The van der Waals surface area contributed by atoms with E-state index in [0.717, 1.165) is 22.7 Å². The third-order valence-corrected chi connectivity index (χ3v) is 5.20. The zero-order valence-electron chi connectivity index (χ0n) is 17.4. The van der Waals surface area contributed by atoms with Crippen molar-refractivity contribution in [1.29, 1.82) is 0 Å². The molecule has 0 saturated carbocycles. The van der Waals surface area contributed by atoms with Gasteiger partial charge in [-0.05, 0) is 73.2 Å². The zero-order chi connectivity index (χ0) is 21.8. The molecule has 3 aromatic rings. The van der Waals surface area contributed by atoms with Crippen LogP contribution in [0, 0.1) is 0 Å². The summed E-state index contributed by atoms with van der Waals surface area (Å²) in [6.45, 7) is 1.59. The second kappa shape index (κ2) is 8.87. The Labute approximate surface area is 180 Å². The van der Waals surface area contributed by atoms with E-state index in [4.69, 9.17) is 9.15 Å². The number of Topliss-reactive ketones (excluding diaryl/α,β-unsaturated/α-hetero) is 1. The maximum absolute atomic E-state index is 13.0. The van der Waals surface area contributed by atoms with Crippen molar-refractivity contribution < 1.29 is 18.7 Å². The molecule has 0 radical (unpaired) electrons. The van der Waals surface area contributed by atoms with Crippen molar-refractivity contribution in [1.82, 2.24) is 5.01 Å². The van der Waals surface area contributed by atoms with Crippen LogP contribution < -0.4 is 10.1 Å². The quantitative estimate of drug-likeness (QED) is 0.580. The lowest BCUT2D eigenvalue weighted by molar-refractivity contribution is -0.131. The van der Waals surface area contributed by atoms with Crippen molar-refractivity contribution in [2.24, 2.45) is 5.10 Å². The number of hydrazone groups is 1. The van der Waals surface area contributed by atoms with Gasteiger partial charge in [-0.25, -0.2) is 5.01 Å². The Bertz CT molecular complexity index is 1090. The molecule has 1 aliphatic heterocycles. The third kappa shape index (κ3) is 4.50. The number of carbonyl (C=O) groups excluding carboxylic acids is 2. The zero-order valence-corrected chi connectivity index (χ0v) is 17.4. The molecule has 0 saturated heterocycles. The van der Waals surface area contributed by atoms with Gasteiger partial charge in [-0.2, -0.15) is 5.10 Å². The van der Waals surface area contributed by atoms with Crippen LogP contribution in [0.5, 0.6) is 5.75 Å². The highest BCUT2D eigenvalue weighted by Gasteiger charge is 2.34. The molecule has 0 unspecified atom stereocenters. The van der Waals surface area contributed by atoms with Crippen LogP contribution in [0.4, 0.5) is 5.69 Å². The van der Waals surface area contributed by atoms with E-state index in [0.29, 0.717) is 17.7 Å². The summed E-state index contributed by atoms with van der Waals surface area (Å²) in [5.74, 6) is 1.27. The van der Waals surface area contributed by atoms with Crippen molar-refractivity contribution >= 4 is 23.1 Å². The van der Waals surface area contributed by atoms with Crippen molar-refractivity contribution in [2.45, 2.75) is 19.4 Å². The van der Waals surface area contributed by atoms with Crippen molar-refractivity contribution in [2.75, 3.05) is 19.0 Å². The molecule has 7 heteroatoms. The van der Waals surface area contributed by atoms with E-state index in [2.05, 4.69) is 10.4 Å². The Balaban J connectivity index is 1.51. The van der Waals surface area contributed by atoms with Crippen LogP contribution in [0.15, 0.2) is 76.4 Å². The average Bonchev–Trinajstić information content (AvgIpc) is 3.48. The summed E-state index contributed by atoms with van der Waals surface area (Å²) in [5, 5.41) is 9.20. The van der Waals surface area contributed by atoms with Gasteiger partial charge in [0.15, 0.2) is 5.78 Å². The largest absolute Gasteiger partial charge is 0.497 e. The molecule has 2 aromatic carbocycles. The van der Waals surface area contributed by atoms with E-state index < -0.39 is 0 Å². The van der Waals surface area contributed by atoms with Crippen LogP contribution >= 0.6 is 0 Å². The standard InChI is InChI=1S/C24H23N3O4/c1-16(28)17-5-9-19(10-6-17)25-15-24(29)27-22(23-4-3-13-31-23)14-21(26-27)18-7-11-20(30-2)12-8-18/h3-13,22,25H,14-15H2,1-2H3/t22-/m1/s1. The smallest absolute Gasteiger partial charge is 0.262 e. The Hall–Kier alpha value is -3.87. The molecule has 1 atom stereocenters. The van der Waals surface area contributed by atoms with Gasteiger partial charge in [0.2, 0.25) is 0 Å². The summed E-state index contributed by atoms with van der Waals surface area (Å²) in [7, 11) is 1.62. The van der Waals surface area contributed by atoms with Gasteiger partial charge in [-0.15, -0.1) is 0 Å². The second-order valence-corrected chi connectivity index (χ2v) is 7.24. The first-order chi connectivity index (χ1) is 15.0. The second-order valence-electron chi connectivity index (χ2n) is 7.24. The molecule has 158 valence electrons. The fourth-order valence-electron chi connectivity index (χ4n) is 3.48. The molecule has 1 aromatic heterocycles. The van der Waals surface area contributed by atoms with Crippen LogP contribution in [-0.4, -0.2) is 36.1 Å². The van der Waals surface area contributed by atoms with E-state index in [1.165, 1.54) is 11.9 Å². The lowest BCUT2D eigenvalue weighted by atomic mass is 10.0. The van der Waals surface area contributed by atoms with E-state index in [1.54, 1.807) is 43.7 Å². The van der Waals surface area contributed by atoms with Crippen molar-refractivity contribution in [3.05, 3.63) is 83.8 Å². The molecular weight excluding hydrogens is 394 g/mol. The maximum atomic E-state index is 13.0. The number of methoxy groups -OCH3 is 1. The lowest BCUT2D eigenvalue weighted by Gasteiger charge is -2.20. The van der Waals surface area contributed by atoms with Crippen LogP contribution in [0.1, 0.15) is 41.1 Å². The SMILES string of the molecule is COc1ccc(C2=NN(C(=O)CNc3ccc(C(C)=O)cc3)[C@@H](c3ccco3)C2)cc1. The summed E-state index contributed by atoms with van der Waals surface area (Å²) >= 11 is 0. The summed E-state index contributed by atoms with van der Waals surface area (Å²) in [5.41, 5.74) is 3.12. The van der Waals surface area contributed by atoms with Gasteiger partial charge < -0.3 is 14.5 Å². The average molecular weight is 417 g/mol. The predicted octanol–water partition coefficient (Wildman–Crippen LogP) is 4.28. The van der Waals surface area contributed by atoms with Crippen molar-refractivity contribution in [3.63, 3.8) is 0 Å². The molecule has 0 fully saturated rings. The number of anilines is 1. The normalized spacial score (nSPS) is 15.5. The molecule has 0 bridgehead atoms. The number of rotatable bonds is 7. The van der Waals surface area contributed by atoms with Gasteiger partial charge in [0.25, 0.3) is 5.91 Å². The van der Waals surface area contributed by atoms with E-state index in [-0.39, 0.29) is 24.3 Å². The minimum Gasteiger partial charge on any atom is -0.497 e. The van der Waals surface area contributed by atoms with Gasteiger partial charge in [-0.3, -0.25) is 9.59 Å². The minimum absolute atomic E-state index is 0.00128. The molecular formula is C24H23N3O4. The highest BCUT2D eigenvalue weighted by atomic mass is 16.5. The number of nitrogens with zero attached hydrogens (tertiary/aromatic N) is 2. The molecule has 7 nitrogen and oxygen atoms in total. The third-order valence-electron chi connectivity index (χ3n) is 5.20. The Morgan fingerprint density at radius 1 is 1.13 bits per heavy atom. The summed E-state index contributed by atoms with van der Waals surface area (Å²) in [6.07, 6.45) is 2.15. The van der Waals surface area contributed by atoms with Crippen LogP contribution in [0.25, 0.3) is 0 Å². The molecule has 31 heavy (non-hydrogen) atoms. The molecule has 1 amide bonds. The predicted molar refractivity (Wildman–Crippen MR) is 117 cm³/mol. The number of ketones is 1. The first kappa shape index (κ1) is 20.4. The molecule has 1 aliphatic rings. The summed E-state index contributed by atoms with van der Waals surface area (Å²) < 4.78 is 10.8. The first-order valence-corrected chi connectivity index (χ1v) is 9.97. The highest BCUT2D eigenvalue weighted by Crippen LogP contribution is 2.33. The fourth-order valence-corrected chi connectivity index (χ4v) is 3.48. The highest BCUT2D eigenvalue weighted by molar-refractivity contribution is 6.03. The van der Waals surface area contributed by atoms with E-state index in [1.807, 2.05) is 30.3 Å². The van der Waals surface area contributed by atoms with Gasteiger partial charge >= 0.3 is 0 Å². The van der Waals surface area contributed by atoms with E-state index in [9.17, 15) is 9.59 Å². The number of hydrogen-bond acceptors (Lipinski definition) is 6. The number of furan rings is 1. The number of amides is 1. The number of ether oxygens (including phenoxy) is 1. The maximum Gasteiger partial charge on any atom is 0.262 e. The molecule has 1 N–H and O–H groups in total. The summed E-state index contributed by atoms with van der Waals surface area (Å²) in [4.78, 5) is 24.4. The Kier molecular flexibility index (Phi) is 5.84. The van der Waals surface area contributed by atoms with E-state index >= 15 is 0 Å². The lowest BCUT2D eigenvalue weighted by Crippen LogP contribution is -2.32. The number of nitrogens with one attached hydrogen (secondary N) is 1. The van der Waals surface area contributed by atoms with Gasteiger partial charge in [0.1, 0.15) is 17.6 Å². The van der Waals surface area contributed by atoms with Gasteiger partial charge in [0, 0.05) is 17.7 Å². The fraction of sp³-hybridized carbons (Fsp3) is 0.208. The van der Waals surface area contributed by atoms with Crippen molar-refractivity contribution in [3.8, 4) is 5.75 Å². The number of benzene rings is 2.